The van der Waals surface area contributed by atoms with Gasteiger partial charge in [0.05, 0.1) is 21.7 Å². The predicted molar refractivity (Wildman–Crippen MR) is 330 cm³/mol. The molecule has 12 rings (SSSR count). The summed E-state index contributed by atoms with van der Waals surface area (Å²) in [5, 5.41) is 5.24. The number of piperidine rings is 1. The maximum absolute atomic E-state index is 14.5. The fourth-order valence-corrected chi connectivity index (χ4v) is 17.2. The number of sulfonamides is 1. The Morgan fingerprint density at radius 2 is 1.48 bits per heavy atom. The third-order valence-electron chi connectivity index (χ3n) is 18.8. The minimum atomic E-state index is -6.13. The maximum atomic E-state index is 14.5. The highest BCUT2D eigenvalue weighted by molar-refractivity contribution is 7.99. The van der Waals surface area contributed by atoms with Gasteiger partial charge in [0.25, 0.3) is 37.6 Å². The molecule has 4 aliphatic heterocycles. The van der Waals surface area contributed by atoms with Crippen molar-refractivity contribution in [1.82, 2.24) is 29.6 Å². The van der Waals surface area contributed by atoms with E-state index in [9.17, 15) is 54.0 Å². The Hall–Kier alpha value is -6.55. The van der Waals surface area contributed by atoms with Gasteiger partial charge in [0, 0.05) is 112 Å². The summed E-state index contributed by atoms with van der Waals surface area (Å²) in [6.45, 7) is 15.5. The Kier molecular flexibility index (Phi) is 17.9. The summed E-state index contributed by atoms with van der Waals surface area (Å²) < 4.78 is 99.8. The lowest BCUT2D eigenvalue weighted by atomic mass is 9.33. The Bertz CT molecular complexity index is 3700. The second kappa shape index (κ2) is 25.0. The van der Waals surface area contributed by atoms with Crippen LogP contribution in [0.1, 0.15) is 128 Å². The van der Waals surface area contributed by atoms with Crippen molar-refractivity contribution in [2.45, 2.75) is 124 Å². The fraction of sp³-hybridized carbons (Fsp3) is 0.492. The predicted octanol–water partition coefficient (Wildman–Crippen LogP) is 8.73. The van der Waals surface area contributed by atoms with Gasteiger partial charge in [-0.15, -0.1) is 11.8 Å². The number of amides is 5. The average Bonchev–Trinajstić information content (AvgIpc) is 0.839. The molecule has 23 heteroatoms. The van der Waals surface area contributed by atoms with Gasteiger partial charge in [-0.1, -0.05) is 68.0 Å². The van der Waals surface area contributed by atoms with Gasteiger partial charge in [-0.05, 0) is 147 Å². The summed E-state index contributed by atoms with van der Waals surface area (Å²) in [5.41, 5.74) is -0.0243. The molecule has 3 saturated carbocycles. The molecule has 2 bridgehead atoms. The average molecular weight is 1270 g/mol. The van der Waals surface area contributed by atoms with Crippen molar-refractivity contribution >= 4 is 72.5 Å². The number of hydrogen-bond donors (Lipinski definition) is 3. The highest BCUT2D eigenvalue weighted by atomic mass is 32.2. The summed E-state index contributed by atoms with van der Waals surface area (Å²) in [4.78, 5) is 73.5. The van der Waals surface area contributed by atoms with Crippen LogP contribution in [0.4, 0.5) is 24.5 Å². The van der Waals surface area contributed by atoms with Crippen LogP contribution in [0.25, 0.3) is 0 Å². The summed E-state index contributed by atoms with van der Waals surface area (Å²) in [6.07, 6.45) is 9.15. The summed E-state index contributed by atoms with van der Waals surface area (Å²) in [6, 6.07) is 21.4. The highest BCUT2D eigenvalue weighted by Gasteiger charge is 2.67. The zero-order valence-corrected chi connectivity index (χ0v) is 52.3. The van der Waals surface area contributed by atoms with Gasteiger partial charge in [0.15, 0.2) is 0 Å². The lowest BCUT2D eigenvalue weighted by Crippen LogP contribution is -2.61. The summed E-state index contributed by atoms with van der Waals surface area (Å²) in [7, 11) is -11.0. The van der Waals surface area contributed by atoms with Crippen LogP contribution in [0.5, 0.6) is 0 Å². The van der Waals surface area contributed by atoms with Gasteiger partial charge >= 0.3 is 5.51 Å². The lowest BCUT2D eigenvalue weighted by molar-refractivity contribution is -0.167. The number of anilines is 2. The van der Waals surface area contributed by atoms with Crippen molar-refractivity contribution in [1.29, 1.82) is 0 Å². The van der Waals surface area contributed by atoms with Crippen molar-refractivity contribution < 1.29 is 54.0 Å². The van der Waals surface area contributed by atoms with E-state index in [1.165, 1.54) is 62.1 Å². The Labute approximate surface area is 517 Å². The zero-order chi connectivity index (χ0) is 62.4. The molecule has 8 aliphatic rings. The molecule has 17 nitrogen and oxygen atoms in total. The fourth-order valence-electron chi connectivity index (χ4n) is 14.2. The standard InChI is InChI=1S/C65H75F3N8O9S3/c1-62(2)26-24-46(52(38-62)64-41-63(3,42-64)43-64)39-74-33-35-75(36-34-74)48-18-16-45(17-19-48)58(78)71-88(84,85)50-20-21-53(55(37-50)87(82,83)65(66,67)68)69-47(40-86-49-13-7-4-8-14-49)25-28-73-31-29-72(30-32-73)27-9-5-6-11-44-12-10-15-51-57(44)61(81)76(60(51)80)54-22-23-56(77)70-59(54)79/h4,7-8,10,12-21,37,47,54,69H,5,9,22-36,38-43H2,1-3H3,(H,71,78)(H,70,77,79)/t47-,54?,63?,64?/m1/s1. The lowest BCUT2D eigenvalue weighted by Gasteiger charge is -2.72. The Morgan fingerprint density at radius 1 is 0.795 bits per heavy atom. The second-order valence-corrected chi connectivity index (χ2v) is 30.6. The van der Waals surface area contributed by atoms with Crippen LogP contribution >= 0.6 is 11.8 Å². The van der Waals surface area contributed by atoms with E-state index in [0.717, 1.165) is 73.3 Å². The number of unbranched alkanes of at least 4 members (excludes halogenated alkanes) is 1. The number of sulfone groups is 1. The van der Waals surface area contributed by atoms with Crippen LogP contribution < -0.4 is 20.3 Å². The molecule has 88 heavy (non-hydrogen) atoms. The van der Waals surface area contributed by atoms with E-state index in [4.69, 9.17) is 0 Å². The smallest absolute Gasteiger partial charge is 0.380 e. The Balaban J connectivity index is 0.689. The first-order chi connectivity index (χ1) is 41.8. The first-order valence-corrected chi connectivity index (χ1v) is 34.3. The molecule has 6 fully saturated rings. The first kappa shape index (κ1) is 63.0. The van der Waals surface area contributed by atoms with E-state index in [2.05, 4.69) is 62.8 Å². The molecular formula is C65H75F3N8O9S3. The minimum absolute atomic E-state index is 0.00630. The number of hydrogen-bond acceptors (Lipinski definition) is 15. The molecule has 4 aromatic carbocycles. The van der Waals surface area contributed by atoms with E-state index >= 15 is 0 Å². The third-order valence-corrected chi connectivity index (χ3v) is 22.8. The van der Waals surface area contributed by atoms with Crippen LogP contribution in [0.15, 0.2) is 117 Å². The largest absolute Gasteiger partial charge is 0.501 e. The van der Waals surface area contributed by atoms with Crippen LogP contribution in [0.3, 0.4) is 0 Å². The number of piperazine rings is 2. The molecule has 1 unspecified atom stereocenters. The molecule has 4 heterocycles. The number of benzene rings is 4. The zero-order valence-electron chi connectivity index (χ0n) is 49.8. The number of nitrogens with one attached hydrogen (secondary N) is 3. The number of carbonyl (C=O) groups excluding carboxylic acids is 5. The van der Waals surface area contributed by atoms with Gasteiger partial charge < -0.3 is 20.0 Å². The normalized spacial score (nSPS) is 23.8. The molecule has 4 aliphatic carbocycles. The molecule has 0 spiro atoms. The summed E-state index contributed by atoms with van der Waals surface area (Å²) >= 11 is 1.43. The molecule has 2 atom stereocenters. The van der Waals surface area contributed by atoms with Crippen molar-refractivity contribution in [2.24, 2.45) is 16.2 Å². The number of carbonyl (C=O) groups is 5. The number of alkyl halides is 3. The molecule has 3 N–H and O–H groups in total. The maximum Gasteiger partial charge on any atom is 0.501 e. The van der Waals surface area contributed by atoms with Gasteiger partial charge in [0.2, 0.25) is 11.8 Å². The number of nitrogens with zero attached hydrogens (tertiary/aromatic N) is 5. The van der Waals surface area contributed by atoms with Crippen molar-refractivity contribution in [2.75, 3.05) is 88.0 Å². The number of thioether (sulfide) groups is 1. The van der Waals surface area contributed by atoms with Crippen LogP contribution in [-0.2, 0) is 29.4 Å². The minimum Gasteiger partial charge on any atom is -0.380 e. The van der Waals surface area contributed by atoms with Crippen molar-refractivity contribution in [3.05, 3.63) is 124 Å². The van der Waals surface area contributed by atoms with E-state index in [0.29, 0.717) is 85.6 Å². The molecule has 4 aromatic rings. The molecule has 0 aromatic heterocycles. The molecular weight excluding hydrogens is 1190 g/mol. The number of imide groups is 2. The van der Waals surface area contributed by atoms with Gasteiger partial charge in [-0.25, -0.2) is 21.6 Å². The summed E-state index contributed by atoms with van der Waals surface area (Å²) in [5.74, 6) is 3.07. The number of fused-ring (bicyclic) bond motifs is 1. The topological polar surface area (TPSA) is 206 Å². The number of rotatable bonds is 20. The first-order valence-electron chi connectivity index (χ1n) is 30.3. The van der Waals surface area contributed by atoms with E-state index in [-0.39, 0.29) is 29.5 Å². The number of allylic oxidation sites excluding steroid dienone is 1. The molecule has 0 radical (unpaired) electrons. The van der Waals surface area contributed by atoms with Gasteiger partial charge in [0.1, 0.15) is 10.9 Å². The SMILES string of the molecule is CC1(C)CCC(CN2CCN(c3ccc(C(=O)NS(=O)(=O)c4ccc(N[C@H](CCN5CCN(CCCC#Cc6cccc7c6C(=O)N(C6CCC(=O)NC6=O)C7=O)CC5)CSc5ccccc5)c(S(=O)(=O)C(F)(F)F)c4)cc3)CC2)=C(C23CC(C)(C2)C3)C1. The van der Waals surface area contributed by atoms with Gasteiger partial charge in [-0.3, -0.25) is 39.1 Å². The van der Waals surface area contributed by atoms with Gasteiger partial charge in [-0.2, -0.15) is 13.2 Å². The second-order valence-electron chi connectivity index (χ2n) is 25.9. The van der Waals surface area contributed by atoms with Crippen LogP contribution in [-0.4, -0.2) is 161 Å². The van der Waals surface area contributed by atoms with E-state index in [1.54, 1.807) is 35.4 Å². The molecule has 3 saturated heterocycles. The molecule has 5 amide bonds. The highest BCUT2D eigenvalue weighted by Crippen LogP contribution is 2.77. The van der Waals surface area contributed by atoms with E-state index < -0.39 is 82.5 Å². The number of halogens is 3. The Morgan fingerprint density at radius 3 is 2.15 bits per heavy atom. The monoisotopic (exact) mass is 1260 g/mol. The van der Waals surface area contributed by atoms with Crippen molar-refractivity contribution in [3.8, 4) is 11.8 Å². The third kappa shape index (κ3) is 13.5. The van der Waals surface area contributed by atoms with Crippen molar-refractivity contribution in [3.63, 3.8) is 0 Å². The molecule has 468 valence electrons. The quantitative estimate of drug-likeness (QED) is 0.0249. The van der Waals surface area contributed by atoms with Crippen LogP contribution in [0.2, 0.25) is 0 Å². The van der Waals surface area contributed by atoms with Crippen LogP contribution in [0, 0.1) is 28.1 Å². The van der Waals surface area contributed by atoms with E-state index in [1.807, 2.05) is 35.1 Å².